The summed E-state index contributed by atoms with van der Waals surface area (Å²) in [6, 6.07) is 5.40. The molecule has 3 rings (SSSR count). The van der Waals surface area contributed by atoms with Crippen LogP contribution in [-0.4, -0.2) is 30.3 Å². The second kappa shape index (κ2) is 6.52. The molecular formula is C16H22N2O4. The molecule has 0 radical (unpaired) electrons. The molecule has 1 aliphatic carbocycles. The first kappa shape index (κ1) is 15.1. The third-order valence-corrected chi connectivity index (χ3v) is 4.30. The Morgan fingerprint density at radius 2 is 2.23 bits per heavy atom. The van der Waals surface area contributed by atoms with Crippen LogP contribution >= 0.6 is 0 Å². The Morgan fingerprint density at radius 3 is 2.91 bits per heavy atom. The number of hydrogen-bond acceptors (Lipinski definition) is 5. The number of rotatable bonds is 6. The molecule has 2 aliphatic rings. The Bertz CT molecular complexity index is 545. The van der Waals surface area contributed by atoms with E-state index in [0.29, 0.717) is 30.1 Å². The smallest absolute Gasteiger partial charge is 0.333 e. The minimum atomic E-state index is -0.370. The van der Waals surface area contributed by atoms with Crippen LogP contribution in [0.5, 0.6) is 5.75 Å². The molecule has 0 spiro atoms. The van der Waals surface area contributed by atoms with Gasteiger partial charge in [0.05, 0.1) is 17.6 Å². The number of nitrogens with one attached hydrogen (secondary N) is 1. The van der Waals surface area contributed by atoms with E-state index in [1.165, 1.54) is 12.8 Å². The summed E-state index contributed by atoms with van der Waals surface area (Å²) in [7, 11) is 0. The van der Waals surface area contributed by atoms with Crippen LogP contribution in [0.1, 0.15) is 32.6 Å². The van der Waals surface area contributed by atoms with Crippen LogP contribution in [-0.2, 0) is 4.74 Å². The van der Waals surface area contributed by atoms with Gasteiger partial charge in [-0.3, -0.25) is 10.1 Å². The molecule has 2 atom stereocenters. The average Bonchev–Trinajstić information content (AvgIpc) is 3.32. The second-order valence-electron chi connectivity index (χ2n) is 5.95. The molecule has 1 aromatic carbocycles. The topological polar surface area (TPSA) is 73.6 Å². The van der Waals surface area contributed by atoms with Crippen LogP contribution in [0.4, 0.5) is 11.4 Å². The van der Waals surface area contributed by atoms with Gasteiger partial charge in [-0.1, -0.05) is 6.07 Å². The van der Waals surface area contributed by atoms with Gasteiger partial charge < -0.3 is 14.8 Å². The molecule has 0 amide bonds. The van der Waals surface area contributed by atoms with Crippen molar-refractivity contribution in [1.29, 1.82) is 0 Å². The molecule has 1 aliphatic heterocycles. The van der Waals surface area contributed by atoms with Gasteiger partial charge in [-0.2, -0.15) is 0 Å². The Labute approximate surface area is 129 Å². The van der Waals surface area contributed by atoms with Gasteiger partial charge in [-0.25, -0.2) is 0 Å². The van der Waals surface area contributed by atoms with Gasteiger partial charge in [-0.05, 0) is 50.7 Å². The maximum absolute atomic E-state index is 11.4. The van der Waals surface area contributed by atoms with Crippen LogP contribution in [0.3, 0.4) is 0 Å². The molecule has 0 bridgehead atoms. The van der Waals surface area contributed by atoms with Crippen LogP contribution in [0.25, 0.3) is 0 Å². The summed E-state index contributed by atoms with van der Waals surface area (Å²) in [5.74, 6) is 1.01. The first-order valence-electron chi connectivity index (χ1n) is 7.97. The SMILES string of the molecule is CCOc1cccc(NC2CCOC(C3CC3)C2)c1[N+](=O)[O-]. The molecule has 1 aromatic rings. The van der Waals surface area contributed by atoms with E-state index >= 15 is 0 Å². The van der Waals surface area contributed by atoms with Crippen molar-refractivity contribution in [2.75, 3.05) is 18.5 Å². The fourth-order valence-electron chi connectivity index (χ4n) is 3.07. The van der Waals surface area contributed by atoms with Crippen molar-refractivity contribution in [2.45, 2.75) is 44.8 Å². The Morgan fingerprint density at radius 1 is 1.41 bits per heavy atom. The molecule has 22 heavy (non-hydrogen) atoms. The standard InChI is InChI=1S/C16H22N2O4/c1-2-21-14-5-3-4-13(16(14)18(19)20)17-12-8-9-22-15(10-12)11-6-7-11/h3-5,11-12,15,17H,2,6-10H2,1H3. The van der Waals surface area contributed by atoms with Crippen molar-refractivity contribution in [1.82, 2.24) is 0 Å². The monoisotopic (exact) mass is 306 g/mol. The van der Waals surface area contributed by atoms with E-state index < -0.39 is 0 Å². The van der Waals surface area contributed by atoms with Crippen molar-refractivity contribution in [3.63, 3.8) is 0 Å². The summed E-state index contributed by atoms with van der Waals surface area (Å²) >= 11 is 0. The quantitative estimate of drug-likeness (QED) is 0.644. The first-order chi connectivity index (χ1) is 10.7. The van der Waals surface area contributed by atoms with Crippen molar-refractivity contribution >= 4 is 11.4 Å². The average molecular weight is 306 g/mol. The van der Waals surface area contributed by atoms with E-state index in [0.717, 1.165) is 19.4 Å². The number of nitro groups is 1. The zero-order valence-electron chi connectivity index (χ0n) is 12.8. The van der Waals surface area contributed by atoms with Crippen molar-refractivity contribution in [3.05, 3.63) is 28.3 Å². The normalized spacial score (nSPS) is 24.8. The minimum absolute atomic E-state index is 0.0267. The zero-order chi connectivity index (χ0) is 15.5. The molecule has 6 nitrogen and oxygen atoms in total. The fraction of sp³-hybridized carbons (Fsp3) is 0.625. The number of anilines is 1. The van der Waals surface area contributed by atoms with E-state index in [1.54, 1.807) is 18.2 Å². The second-order valence-corrected chi connectivity index (χ2v) is 5.95. The molecule has 1 saturated carbocycles. The van der Waals surface area contributed by atoms with Gasteiger partial charge in [0.2, 0.25) is 0 Å². The van der Waals surface area contributed by atoms with Gasteiger partial charge in [0.1, 0.15) is 5.69 Å². The maximum atomic E-state index is 11.4. The van der Waals surface area contributed by atoms with Crippen molar-refractivity contribution < 1.29 is 14.4 Å². The van der Waals surface area contributed by atoms with Gasteiger partial charge in [0.25, 0.3) is 0 Å². The largest absolute Gasteiger partial charge is 0.487 e. The molecule has 1 N–H and O–H groups in total. The summed E-state index contributed by atoms with van der Waals surface area (Å²) in [5.41, 5.74) is 0.566. The summed E-state index contributed by atoms with van der Waals surface area (Å²) in [6.07, 6.45) is 4.59. The van der Waals surface area contributed by atoms with Gasteiger partial charge >= 0.3 is 5.69 Å². The highest BCUT2D eigenvalue weighted by Gasteiger charge is 2.36. The van der Waals surface area contributed by atoms with Crippen LogP contribution < -0.4 is 10.1 Å². The van der Waals surface area contributed by atoms with Crippen molar-refractivity contribution in [3.8, 4) is 5.75 Å². The van der Waals surface area contributed by atoms with Gasteiger partial charge in [0.15, 0.2) is 5.75 Å². The number of hydrogen-bond donors (Lipinski definition) is 1. The van der Waals surface area contributed by atoms with Crippen LogP contribution in [0.2, 0.25) is 0 Å². The highest BCUT2D eigenvalue weighted by atomic mass is 16.6. The Hall–Kier alpha value is -1.82. The lowest BCUT2D eigenvalue weighted by Crippen LogP contribution is -2.35. The summed E-state index contributed by atoms with van der Waals surface area (Å²) in [6.45, 7) is 2.95. The molecule has 0 aromatic heterocycles. The molecule has 2 unspecified atom stereocenters. The maximum Gasteiger partial charge on any atom is 0.333 e. The predicted molar refractivity (Wildman–Crippen MR) is 83.4 cm³/mol. The number of nitrogens with zero attached hydrogens (tertiary/aromatic N) is 1. The first-order valence-corrected chi connectivity index (χ1v) is 7.97. The van der Waals surface area contributed by atoms with E-state index in [4.69, 9.17) is 9.47 Å². The third kappa shape index (κ3) is 3.32. The minimum Gasteiger partial charge on any atom is -0.487 e. The lowest BCUT2D eigenvalue weighted by Gasteiger charge is -2.30. The number of nitro benzene ring substituents is 1. The fourth-order valence-corrected chi connectivity index (χ4v) is 3.07. The lowest BCUT2D eigenvalue weighted by atomic mass is 9.99. The third-order valence-electron chi connectivity index (χ3n) is 4.30. The van der Waals surface area contributed by atoms with E-state index in [9.17, 15) is 10.1 Å². The molecular weight excluding hydrogens is 284 g/mol. The number of para-hydroxylation sites is 1. The predicted octanol–water partition coefficient (Wildman–Crippen LogP) is 3.36. The lowest BCUT2D eigenvalue weighted by molar-refractivity contribution is -0.385. The Balaban J connectivity index is 1.75. The number of benzene rings is 1. The van der Waals surface area contributed by atoms with E-state index in [1.807, 2.05) is 6.92 Å². The van der Waals surface area contributed by atoms with Crippen LogP contribution in [0.15, 0.2) is 18.2 Å². The van der Waals surface area contributed by atoms with E-state index in [-0.39, 0.29) is 16.7 Å². The summed E-state index contributed by atoms with van der Waals surface area (Å²) < 4.78 is 11.2. The Kier molecular flexibility index (Phi) is 4.47. The van der Waals surface area contributed by atoms with Gasteiger partial charge in [-0.15, -0.1) is 0 Å². The zero-order valence-corrected chi connectivity index (χ0v) is 12.8. The molecule has 1 saturated heterocycles. The number of ether oxygens (including phenoxy) is 2. The molecule has 1 heterocycles. The highest BCUT2D eigenvalue weighted by molar-refractivity contribution is 5.68. The summed E-state index contributed by atoms with van der Waals surface area (Å²) in [4.78, 5) is 11.0. The van der Waals surface area contributed by atoms with Crippen molar-refractivity contribution in [2.24, 2.45) is 5.92 Å². The highest BCUT2D eigenvalue weighted by Crippen LogP contribution is 2.40. The summed E-state index contributed by atoms with van der Waals surface area (Å²) in [5, 5.41) is 14.7. The van der Waals surface area contributed by atoms with E-state index in [2.05, 4.69) is 5.32 Å². The van der Waals surface area contributed by atoms with Gasteiger partial charge in [0, 0.05) is 12.6 Å². The van der Waals surface area contributed by atoms with Crippen LogP contribution in [0, 0.1) is 16.0 Å². The molecule has 120 valence electrons. The molecule has 2 fully saturated rings. The molecule has 6 heteroatoms.